The van der Waals surface area contributed by atoms with Gasteiger partial charge >= 0.3 is 5.97 Å². The lowest BCUT2D eigenvalue weighted by atomic mass is 9.73. The molecule has 2 aromatic rings. The first kappa shape index (κ1) is 20.6. The minimum atomic E-state index is -0.850. The smallest absolute Gasteiger partial charge is 0.317 e. The molecule has 0 N–H and O–H groups in total. The summed E-state index contributed by atoms with van der Waals surface area (Å²) in [6.07, 6.45) is 2.06. The molecule has 1 aliphatic carbocycles. The average Bonchev–Trinajstić information content (AvgIpc) is 2.72. The number of allylic oxidation sites excluding steroid dienone is 2. The van der Waals surface area contributed by atoms with Crippen molar-refractivity contribution in [2.24, 2.45) is 5.92 Å². The second-order valence-corrected chi connectivity index (χ2v) is 7.09. The maximum Gasteiger partial charge on any atom is 0.317 e. The summed E-state index contributed by atoms with van der Waals surface area (Å²) >= 11 is 0. The molecule has 0 amide bonds. The number of ketones is 1. The molecule has 152 valence electrons. The van der Waals surface area contributed by atoms with Crippen LogP contribution in [-0.2, 0) is 14.3 Å². The minimum Gasteiger partial charge on any atom is -0.497 e. The van der Waals surface area contributed by atoms with Crippen molar-refractivity contribution >= 4 is 17.3 Å². The van der Waals surface area contributed by atoms with E-state index in [-0.39, 0.29) is 18.3 Å². The summed E-state index contributed by atoms with van der Waals surface area (Å²) in [6, 6.07) is 13.4. The number of methoxy groups -OCH3 is 2. The Morgan fingerprint density at radius 1 is 1.10 bits per heavy atom. The molecule has 29 heavy (non-hydrogen) atoms. The lowest BCUT2D eigenvalue weighted by molar-refractivity contribution is -0.151. The standard InChI is InChI=1S/C24H26O5/c1-5-29-24(26)23-20(16-8-6-7-15(2)11-16)12-17(13-21(23)25)19-14-18(27-3)9-10-22(19)28-4/h6-11,13-14,20,23H,5,12H2,1-4H3/t20-,23+/m1/s1. The fourth-order valence-corrected chi connectivity index (χ4v) is 3.85. The zero-order valence-electron chi connectivity index (χ0n) is 17.2. The Kier molecular flexibility index (Phi) is 6.37. The Bertz CT molecular complexity index is 944. The Hall–Kier alpha value is -3.08. The van der Waals surface area contributed by atoms with E-state index in [2.05, 4.69) is 0 Å². The van der Waals surface area contributed by atoms with Crippen LogP contribution in [0.25, 0.3) is 5.57 Å². The van der Waals surface area contributed by atoms with Crippen LogP contribution in [0.1, 0.15) is 36.0 Å². The summed E-state index contributed by atoms with van der Waals surface area (Å²) < 4.78 is 16.1. The molecule has 0 heterocycles. The van der Waals surface area contributed by atoms with Gasteiger partial charge < -0.3 is 14.2 Å². The van der Waals surface area contributed by atoms with E-state index in [1.54, 1.807) is 27.2 Å². The number of rotatable bonds is 6. The SMILES string of the molecule is CCOC(=O)[C@@H]1C(=O)C=C(c2cc(OC)ccc2OC)C[C@@H]1c1cccc(C)c1. The minimum absolute atomic E-state index is 0.240. The fourth-order valence-electron chi connectivity index (χ4n) is 3.85. The highest BCUT2D eigenvalue weighted by atomic mass is 16.5. The van der Waals surface area contributed by atoms with Crippen molar-refractivity contribution in [1.29, 1.82) is 0 Å². The van der Waals surface area contributed by atoms with E-state index in [1.807, 2.05) is 49.4 Å². The molecule has 0 unspecified atom stereocenters. The van der Waals surface area contributed by atoms with Crippen molar-refractivity contribution in [3.8, 4) is 11.5 Å². The van der Waals surface area contributed by atoms with E-state index in [0.29, 0.717) is 17.9 Å². The molecular weight excluding hydrogens is 368 g/mol. The molecule has 0 spiro atoms. The van der Waals surface area contributed by atoms with Gasteiger partial charge in [0.1, 0.15) is 17.4 Å². The Morgan fingerprint density at radius 2 is 1.90 bits per heavy atom. The number of ether oxygens (including phenoxy) is 3. The lowest BCUT2D eigenvalue weighted by Crippen LogP contribution is -2.34. The molecule has 2 aromatic carbocycles. The third-order valence-corrected chi connectivity index (χ3v) is 5.23. The van der Waals surface area contributed by atoms with Gasteiger partial charge in [-0.2, -0.15) is 0 Å². The van der Waals surface area contributed by atoms with E-state index >= 15 is 0 Å². The molecule has 0 bridgehead atoms. The highest BCUT2D eigenvalue weighted by Crippen LogP contribution is 2.43. The number of carbonyl (C=O) groups excluding carboxylic acids is 2. The van der Waals surface area contributed by atoms with E-state index < -0.39 is 11.9 Å². The Balaban J connectivity index is 2.09. The summed E-state index contributed by atoms with van der Waals surface area (Å²) in [4.78, 5) is 25.7. The van der Waals surface area contributed by atoms with Crippen molar-refractivity contribution < 1.29 is 23.8 Å². The molecular formula is C24H26O5. The summed E-state index contributed by atoms with van der Waals surface area (Å²) in [7, 11) is 3.19. The van der Waals surface area contributed by atoms with Gasteiger partial charge in [-0.05, 0) is 55.7 Å². The van der Waals surface area contributed by atoms with Gasteiger partial charge in [-0.25, -0.2) is 0 Å². The van der Waals surface area contributed by atoms with Gasteiger partial charge in [0.25, 0.3) is 0 Å². The molecule has 0 saturated carbocycles. The van der Waals surface area contributed by atoms with Gasteiger partial charge in [-0.15, -0.1) is 0 Å². The Morgan fingerprint density at radius 3 is 2.55 bits per heavy atom. The Labute approximate surface area is 171 Å². The van der Waals surface area contributed by atoms with Gasteiger partial charge in [-0.1, -0.05) is 29.8 Å². The zero-order valence-corrected chi connectivity index (χ0v) is 17.2. The van der Waals surface area contributed by atoms with Gasteiger partial charge in [0.05, 0.1) is 20.8 Å². The van der Waals surface area contributed by atoms with Crippen LogP contribution >= 0.6 is 0 Å². The zero-order chi connectivity index (χ0) is 21.0. The van der Waals surface area contributed by atoms with Crippen molar-refractivity contribution in [2.45, 2.75) is 26.2 Å². The maximum absolute atomic E-state index is 13.1. The van der Waals surface area contributed by atoms with Crippen LogP contribution in [-0.4, -0.2) is 32.6 Å². The molecule has 0 fully saturated rings. The topological polar surface area (TPSA) is 61.8 Å². The number of carbonyl (C=O) groups is 2. The maximum atomic E-state index is 13.1. The largest absolute Gasteiger partial charge is 0.497 e. The first-order valence-corrected chi connectivity index (χ1v) is 9.68. The first-order valence-electron chi connectivity index (χ1n) is 9.68. The lowest BCUT2D eigenvalue weighted by Gasteiger charge is -2.30. The van der Waals surface area contributed by atoms with E-state index in [0.717, 1.165) is 22.3 Å². The molecule has 5 heteroatoms. The number of aryl methyl sites for hydroxylation is 1. The molecule has 0 saturated heterocycles. The van der Waals surface area contributed by atoms with Crippen LogP contribution in [0.2, 0.25) is 0 Å². The van der Waals surface area contributed by atoms with Crippen molar-refractivity contribution in [1.82, 2.24) is 0 Å². The van der Waals surface area contributed by atoms with Crippen molar-refractivity contribution in [3.63, 3.8) is 0 Å². The highest BCUT2D eigenvalue weighted by molar-refractivity contribution is 6.11. The van der Waals surface area contributed by atoms with E-state index in [1.165, 1.54) is 0 Å². The normalized spacial score (nSPS) is 18.8. The molecule has 1 aliphatic rings. The quantitative estimate of drug-likeness (QED) is 0.539. The fraction of sp³-hybridized carbons (Fsp3) is 0.333. The monoisotopic (exact) mass is 394 g/mol. The summed E-state index contributed by atoms with van der Waals surface area (Å²) in [6.45, 7) is 3.98. The highest BCUT2D eigenvalue weighted by Gasteiger charge is 2.40. The summed E-state index contributed by atoms with van der Waals surface area (Å²) in [5, 5.41) is 0. The predicted octanol–water partition coefficient (Wildman–Crippen LogP) is 4.33. The van der Waals surface area contributed by atoms with Gasteiger partial charge in [0.2, 0.25) is 0 Å². The van der Waals surface area contributed by atoms with Gasteiger partial charge in [0, 0.05) is 11.5 Å². The third kappa shape index (κ3) is 4.34. The van der Waals surface area contributed by atoms with Crippen LogP contribution in [0.3, 0.4) is 0 Å². The molecule has 2 atom stereocenters. The van der Waals surface area contributed by atoms with Crippen LogP contribution in [0.4, 0.5) is 0 Å². The molecule has 3 rings (SSSR count). The number of hydrogen-bond donors (Lipinski definition) is 0. The molecule has 0 aliphatic heterocycles. The van der Waals surface area contributed by atoms with E-state index in [4.69, 9.17) is 14.2 Å². The van der Waals surface area contributed by atoms with Crippen LogP contribution < -0.4 is 9.47 Å². The second-order valence-electron chi connectivity index (χ2n) is 7.09. The van der Waals surface area contributed by atoms with Crippen LogP contribution in [0, 0.1) is 12.8 Å². The predicted molar refractivity (Wildman–Crippen MR) is 111 cm³/mol. The average molecular weight is 394 g/mol. The van der Waals surface area contributed by atoms with E-state index in [9.17, 15) is 9.59 Å². The molecule has 0 radical (unpaired) electrons. The number of hydrogen-bond acceptors (Lipinski definition) is 5. The first-order chi connectivity index (χ1) is 14.0. The summed E-state index contributed by atoms with van der Waals surface area (Å²) in [5.41, 5.74) is 3.63. The summed E-state index contributed by atoms with van der Waals surface area (Å²) in [5.74, 6) is -0.552. The number of esters is 1. The van der Waals surface area contributed by atoms with Crippen molar-refractivity contribution in [3.05, 3.63) is 65.2 Å². The molecule has 5 nitrogen and oxygen atoms in total. The van der Waals surface area contributed by atoms with Crippen molar-refractivity contribution in [2.75, 3.05) is 20.8 Å². The number of benzene rings is 2. The van der Waals surface area contributed by atoms with Crippen LogP contribution in [0.15, 0.2) is 48.5 Å². The van der Waals surface area contributed by atoms with Crippen LogP contribution in [0.5, 0.6) is 11.5 Å². The third-order valence-electron chi connectivity index (χ3n) is 5.23. The second kappa shape index (κ2) is 8.95. The van der Waals surface area contributed by atoms with Gasteiger partial charge in [-0.3, -0.25) is 9.59 Å². The molecule has 0 aromatic heterocycles. The van der Waals surface area contributed by atoms with Gasteiger partial charge in [0.15, 0.2) is 5.78 Å².